The van der Waals surface area contributed by atoms with Crippen LogP contribution in [0.1, 0.15) is 35.8 Å². The van der Waals surface area contributed by atoms with Gasteiger partial charge in [0.05, 0.1) is 11.1 Å². The van der Waals surface area contributed by atoms with Crippen molar-refractivity contribution < 1.29 is 19.1 Å². The van der Waals surface area contributed by atoms with E-state index in [-0.39, 0.29) is 5.92 Å². The highest BCUT2D eigenvalue weighted by atomic mass is 32.2. The average molecular weight is 569 g/mol. The van der Waals surface area contributed by atoms with Crippen LogP contribution in [0.2, 0.25) is 0 Å². The zero-order valence-electron chi connectivity index (χ0n) is 22.1. The first kappa shape index (κ1) is 27.5. The third-order valence-corrected chi connectivity index (χ3v) is 7.10. The quantitative estimate of drug-likeness (QED) is 0.151. The summed E-state index contributed by atoms with van der Waals surface area (Å²) in [5, 5.41) is 18.1. The van der Waals surface area contributed by atoms with Gasteiger partial charge in [-0.15, -0.1) is 0 Å². The summed E-state index contributed by atoms with van der Waals surface area (Å²) in [6, 6.07) is 21.6. The molecule has 0 atom stereocenters. The van der Waals surface area contributed by atoms with E-state index in [2.05, 4.69) is 44.7 Å². The number of rotatable bonds is 8. The molecular formula is C30H25FN6O3S. The van der Waals surface area contributed by atoms with Crippen LogP contribution in [0.5, 0.6) is 0 Å². The van der Waals surface area contributed by atoms with Gasteiger partial charge < -0.3 is 15.7 Å². The lowest BCUT2D eigenvalue weighted by atomic mass is 10.1. The predicted octanol–water partition coefficient (Wildman–Crippen LogP) is 7.52. The molecule has 0 aliphatic heterocycles. The zero-order valence-corrected chi connectivity index (χ0v) is 22.9. The monoisotopic (exact) mass is 568 g/mol. The highest BCUT2D eigenvalue weighted by Gasteiger charge is 2.15. The standard InChI is InChI=1S/C30H25FN6O3S/c1-17(2)24-12-11-23-27(36-24)32-16-33-28(23)37-25-14-18(29(38)34-21-5-3-4-19(31)15-21)6-13-26(25)41-22-9-7-20(8-10-22)35-30(39)40/h3-17,35H,1-2H3,(H,34,38)(H,39,40)(H,32,33,36,37). The molecule has 0 radical (unpaired) electrons. The number of halogens is 1. The molecule has 2 aromatic heterocycles. The SMILES string of the molecule is CC(C)c1ccc2c(Nc3cc(C(=O)Nc4cccc(F)c4)ccc3Sc3ccc(NC(=O)O)cc3)ncnc2n1. The fraction of sp³-hybridized carbons (Fsp3) is 0.100. The lowest BCUT2D eigenvalue weighted by molar-refractivity contribution is 0.102. The van der Waals surface area contributed by atoms with Gasteiger partial charge >= 0.3 is 6.09 Å². The maximum atomic E-state index is 13.7. The molecule has 3 aromatic carbocycles. The van der Waals surface area contributed by atoms with Crippen molar-refractivity contribution >= 4 is 57.7 Å². The molecule has 9 nitrogen and oxygen atoms in total. The van der Waals surface area contributed by atoms with Gasteiger partial charge in [-0.2, -0.15) is 0 Å². The van der Waals surface area contributed by atoms with Crippen LogP contribution in [0, 0.1) is 5.82 Å². The van der Waals surface area contributed by atoms with E-state index < -0.39 is 17.8 Å². The van der Waals surface area contributed by atoms with Crippen molar-refractivity contribution in [2.45, 2.75) is 29.6 Å². The van der Waals surface area contributed by atoms with Gasteiger partial charge in [0.25, 0.3) is 5.91 Å². The smallest absolute Gasteiger partial charge is 0.409 e. The van der Waals surface area contributed by atoms with Crippen molar-refractivity contribution in [1.29, 1.82) is 0 Å². The number of anilines is 4. The molecule has 41 heavy (non-hydrogen) atoms. The topological polar surface area (TPSA) is 129 Å². The number of carboxylic acid groups (broad SMARTS) is 1. The highest BCUT2D eigenvalue weighted by Crippen LogP contribution is 2.37. The Morgan fingerprint density at radius 1 is 0.902 bits per heavy atom. The molecule has 0 saturated heterocycles. The van der Waals surface area contributed by atoms with E-state index >= 15 is 0 Å². The number of carbonyl (C=O) groups is 2. The highest BCUT2D eigenvalue weighted by molar-refractivity contribution is 7.99. The Bertz CT molecular complexity index is 1750. The largest absolute Gasteiger partial charge is 0.465 e. The molecule has 2 amide bonds. The van der Waals surface area contributed by atoms with Crippen LogP contribution in [0.4, 0.5) is 32.1 Å². The van der Waals surface area contributed by atoms with Crippen LogP contribution in [0.25, 0.3) is 11.0 Å². The minimum atomic E-state index is -1.14. The van der Waals surface area contributed by atoms with Gasteiger partial charge in [-0.05, 0) is 78.7 Å². The fourth-order valence-electron chi connectivity index (χ4n) is 3.99. The second kappa shape index (κ2) is 12.0. The normalized spacial score (nSPS) is 10.9. The maximum absolute atomic E-state index is 13.7. The second-order valence-electron chi connectivity index (χ2n) is 9.34. The maximum Gasteiger partial charge on any atom is 0.409 e. The third kappa shape index (κ3) is 6.76. The summed E-state index contributed by atoms with van der Waals surface area (Å²) in [6.45, 7) is 4.12. The Balaban J connectivity index is 1.50. The number of carbonyl (C=O) groups excluding carboxylic acids is 1. The summed E-state index contributed by atoms with van der Waals surface area (Å²) in [6.07, 6.45) is 0.291. The van der Waals surface area contributed by atoms with E-state index in [4.69, 9.17) is 5.11 Å². The van der Waals surface area contributed by atoms with Crippen LogP contribution < -0.4 is 16.0 Å². The molecule has 0 spiro atoms. The molecular weight excluding hydrogens is 543 g/mol. The van der Waals surface area contributed by atoms with E-state index in [1.807, 2.05) is 12.1 Å². The van der Waals surface area contributed by atoms with E-state index in [9.17, 15) is 14.0 Å². The average Bonchev–Trinajstić information content (AvgIpc) is 2.94. The summed E-state index contributed by atoms with van der Waals surface area (Å²) in [4.78, 5) is 39.1. The Morgan fingerprint density at radius 3 is 2.44 bits per heavy atom. The Kier molecular flexibility index (Phi) is 8.06. The minimum Gasteiger partial charge on any atom is -0.465 e. The first-order chi connectivity index (χ1) is 19.7. The number of amides is 2. The summed E-state index contributed by atoms with van der Waals surface area (Å²) in [5.41, 5.74) is 3.19. The number of fused-ring (bicyclic) bond motifs is 1. The molecule has 206 valence electrons. The number of nitrogens with one attached hydrogen (secondary N) is 3. The number of hydrogen-bond acceptors (Lipinski definition) is 7. The molecule has 0 unspecified atom stereocenters. The van der Waals surface area contributed by atoms with Crippen LogP contribution in [0.3, 0.4) is 0 Å². The van der Waals surface area contributed by atoms with Gasteiger partial charge in [0.2, 0.25) is 0 Å². The summed E-state index contributed by atoms with van der Waals surface area (Å²) in [5.74, 6) is -0.107. The van der Waals surface area contributed by atoms with Gasteiger partial charge in [-0.1, -0.05) is 31.7 Å². The molecule has 0 aliphatic carbocycles. The molecule has 0 aliphatic rings. The van der Waals surface area contributed by atoms with Crippen LogP contribution in [-0.4, -0.2) is 32.1 Å². The van der Waals surface area contributed by atoms with Gasteiger partial charge in [0, 0.05) is 32.4 Å². The van der Waals surface area contributed by atoms with Crippen LogP contribution in [0.15, 0.2) is 95.0 Å². The Hall–Kier alpha value is -5.03. The first-order valence-corrected chi connectivity index (χ1v) is 13.4. The predicted molar refractivity (Wildman–Crippen MR) is 158 cm³/mol. The molecule has 5 aromatic rings. The van der Waals surface area contributed by atoms with Crippen LogP contribution in [-0.2, 0) is 0 Å². The number of pyridine rings is 1. The van der Waals surface area contributed by atoms with E-state index in [1.54, 1.807) is 48.5 Å². The molecule has 5 rings (SSSR count). The van der Waals surface area contributed by atoms with Crippen molar-refractivity contribution in [2.24, 2.45) is 0 Å². The fourth-order valence-corrected chi connectivity index (χ4v) is 4.87. The van der Waals surface area contributed by atoms with Crippen molar-refractivity contribution in [1.82, 2.24) is 15.0 Å². The Labute approximate surface area is 239 Å². The lowest BCUT2D eigenvalue weighted by Gasteiger charge is -2.15. The Morgan fingerprint density at radius 2 is 1.71 bits per heavy atom. The molecule has 0 bridgehead atoms. The molecule has 2 heterocycles. The van der Waals surface area contributed by atoms with Gasteiger partial charge in [-0.3, -0.25) is 10.1 Å². The van der Waals surface area contributed by atoms with Gasteiger partial charge in [0.15, 0.2) is 5.65 Å². The second-order valence-corrected chi connectivity index (χ2v) is 10.5. The molecule has 4 N–H and O–H groups in total. The van der Waals surface area contributed by atoms with Crippen molar-refractivity contribution in [3.05, 3.63) is 102 Å². The third-order valence-electron chi connectivity index (χ3n) is 6.02. The molecule has 11 heteroatoms. The van der Waals surface area contributed by atoms with Gasteiger partial charge in [-0.25, -0.2) is 24.1 Å². The van der Waals surface area contributed by atoms with E-state index in [0.717, 1.165) is 15.5 Å². The van der Waals surface area contributed by atoms with E-state index in [0.29, 0.717) is 39.5 Å². The van der Waals surface area contributed by atoms with Crippen molar-refractivity contribution in [2.75, 3.05) is 16.0 Å². The summed E-state index contributed by atoms with van der Waals surface area (Å²) >= 11 is 1.42. The lowest BCUT2D eigenvalue weighted by Crippen LogP contribution is -2.12. The number of hydrogen-bond donors (Lipinski definition) is 4. The summed E-state index contributed by atoms with van der Waals surface area (Å²) in [7, 11) is 0. The number of benzene rings is 3. The van der Waals surface area contributed by atoms with Crippen LogP contribution >= 0.6 is 11.8 Å². The van der Waals surface area contributed by atoms with Gasteiger partial charge in [0.1, 0.15) is 18.0 Å². The van der Waals surface area contributed by atoms with Crippen molar-refractivity contribution in [3.63, 3.8) is 0 Å². The molecule has 0 saturated carbocycles. The first-order valence-electron chi connectivity index (χ1n) is 12.6. The molecule has 0 fully saturated rings. The number of aromatic nitrogens is 3. The summed E-state index contributed by atoms with van der Waals surface area (Å²) < 4.78 is 13.7. The zero-order chi connectivity index (χ0) is 28.9. The van der Waals surface area contributed by atoms with Crippen molar-refractivity contribution in [3.8, 4) is 0 Å². The minimum absolute atomic E-state index is 0.235. The van der Waals surface area contributed by atoms with E-state index in [1.165, 1.54) is 36.3 Å². The number of nitrogens with zero attached hydrogens (tertiary/aromatic N) is 3.